The van der Waals surface area contributed by atoms with Gasteiger partial charge in [0.05, 0.1) is 0 Å². The normalized spacial score (nSPS) is 16.0. The molecule has 2 aromatic carbocycles. The third-order valence-electron chi connectivity index (χ3n) is 3.91. The molecule has 0 saturated carbocycles. The molecule has 3 rings (SSSR count). The molecule has 0 aromatic heterocycles. The van der Waals surface area contributed by atoms with Crippen LogP contribution in [0.15, 0.2) is 48.0 Å². The van der Waals surface area contributed by atoms with Crippen molar-refractivity contribution < 1.29 is 9.53 Å². The quantitative estimate of drug-likeness (QED) is 0.690. The Morgan fingerprint density at radius 2 is 2.04 bits per heavy atom. The van der Waals surface area contributed by atoms with Gasteiger partial charge < -0.3 is 10.1 Å². The van der Waals surface area contributed by atoms with Crippen LogP contribution in [0.5, 0.6) is 5.75 Å². The number of benzene rings is 2. The molecule has 0 fully saturated rings. The summed E-state index contributed by atoms with van der Waals surface area (Å²) >= 11 is 0. The first kappa shape index (κ1) is 15.8. The summed E-state index contributed by atoms with van der Waals surface area (Å²) in [6.45, 7) is 4.00. The zero-order valence-electron chi connectivity index (χ0n) is 13.7. The summed E-state index contributed by atoms with van der Waals surface area (Å²) in [5.74, 6) is 0.466. The minimum Gasteiger partial charge on any atom is -0.490 e. The van der Waals surface area contributed by atoms with Crippen molar-refractivity contribution in [2.75, 3.05) is 5.32 Å². The highest BCUT2D eigenvalue weighted by Gasteiger charge is 2.19. The van der Waals surface area contributed by atoms with Gasteiger partial charge >= 0.3 is 0 Å². The highest BCUT2D eigenvalue weighted by molar-refractivity contribution is 6.09. The van der Waals surface area contributed by atoms with E-state index in [2.05, 4.69) is 5.32 Å². The summed E-state index contributed by atoms with van der Waals surface area (Å²) in [6, 6.07) is 15.1. The summed E-state index contributed by atoms with van der Waals surface area (Å²) in [4.78, 5) is 12.3. The number of nitrogens with zero attached hydrogens (tertiary/aromatic N) is 1. The van der Waals surface area contributed by atoms with Crippen molar-refractivity contribution >= 4 is 17.7 Å². The Labute approximate surface area is 141 Å². The maximum atomic E-state index is 12.3. The predicted octanol–water partition coefficient (Wildman–Crippen LogP) is 3.86. The number of rotatable bonds is 3. The van der Waals surface area contributed by atoms with E-state index in [4.69, 9.17) is 4.74 Å². The number of amides is 1. The van der Waals surface area contributed by atoms with Gasteiger partial charge in [0, 0.05) is 12.1 Å². The van der Waals surface area contributed by atoms with E-state index in [9.17, 15) is 10.1 Å². The summed E-state index contributed by atoms with van der Waals surface area (Å²) in [5.41, 5.74) is 3.78. The van der Waals surface area contributed by atoms with Gasteiger partial charge in [-0.05, 0) is 55.3 Å². The molecule has 2 aromatic rings. The highest BCUT2D eigenvalue weighted by atomic mass is 16.5. The Hall–Kier alpha value is -3.06. The van der Waals surface area contributed by atoms with Crippen molar-refractivity contribution in [2.45, 2.75) is 26.4 Å². The molecule has 0 aliphatic carbocycles. The minimum absolute atomic E-state index is 0.0717. The van der Waals surface area contributed by atoms with E-state index in [1.54, 1.807) is 6.08 Å². The van der Waals surface area contributed by atoms with Crippen LogP contribution in [0.25, 0.3) is 6.08 Å². The van der Waals surface area contributed by atoms with Crippen molar-refractivity contribution in [3.63, 3.8) is 0 Å². The second-order valence-electron chi connectivity index (χ2n) is 5.99. The second-order valence-corrected chi connectivity index (χ2v) is 5.99. The Bertz CT molecular complexity index is 845. The lowest BCUT2D eigenvalue weighted by molar-refractivity contribution is -0.112. The summed E-state index contributed by atoms with van der Waals surface area (Å²) < 4.78 is 5.66. The van der Waals surface area contributed by atoms with Crippen molar-refractivity contribution in [2.24, 2.45) is 0 Å². The lowest BCUT2D eigenvalue weighted by Crippen LogP contribution is -2.13. The van der Waals surface area contributed by atoms with Crippen LogP contribution in [-0.4, -0.2) is 12.0 Å². The standard InChI is InChI=1S/C20H18N2O2/c1-13-3-6-18(7-4-13)22-20(23)17(12-21)11-15-5-8-19-16(10-15)9-14(2)24-19/h3-8,10-11,14H,9H2,1-2H3,(H,22,23)/b17-11-/t14-/m1/s1. The number of carbonyl (C=O) groups is 1. The van der Waals surface area contributed by atoms with Gasteiger partial charge in [0.25, 0.3) is 5.91 Å². The largest absolute Gasteiger partial charge is 0.490 e. The van der Waals surface area contributed by atoms with Gasteiger partial charge in [-0.2, -0.15) is 5.26 Å². The van der Waals surface area contributed by atoms with E-state index < -0.39 is 5.91 Å². The predicted molar refractivity (Wildman–Crippen MR) is 93.6 cm³/mol. The molecule has 4 nitrogen and oxygen atoms in total. The van der Waals surface area contributed by atoms with Gasteiger partial charge in [-0.15, -0.1) is 0 Å². The third kappa shape index (κ3) is 3.47. The Kier molecular flexibility index (Phi) is 4.35. The van der Waals surface area contributed by atoms with Gasteiger partial charge in [-0.1, -0.05) is 23.8 Å². The molecular weight excluding hydrogens is 300 g/mol. The van der Waals surface area contributed by atoms with Crippen molar-refractivity contribution in [3.05, 3.63) is 64.7 Å². The molecule has 120 valence electrons. The number of nitriles is 1. The molecule has 24 heavy (non-hydrogen) atoms. The maximum Gasteiger partial charge on any atom is 0.266 e. The average Bonchev–Trinajstić information content (AvgIpc) is 2.94. The molecule has 0 spiro atoms. The molecule has 1 heterocycles. The Morgan fingerprint density at radius 3 is 2.75 bits per heavy atom. The molecule has 0 unspecified atom stereocenters. The summed E-state index contributed by atoms with van der Waals surface area (Å²) in [7, 11) is 0. The second kappa shape index (κ2) is 6.59. The number of fused-ring (bicyclic) bond motifs is 1. The van der Waals surface area contributed by atoms with Gasteiger partial charge in [-0.25, -0.2) is 0 Å². The van der Waals surface area contributed by atoms with Crippen LogP contribution in [0.2, 0.25) is 0 Å². The number of carbonyl (C=O) groups excluding carboxylic acids is 1. The molecule has 1 aliphatic heterocycles. The Morgan fingerprint density at radius 1 is 1.29 bits per heavy atom. The zero-order chi connectivity index (χ0) is 17.1. The lowest BCUT2D eigenvalue weighted by Gasteiger charge is -2.05. The minimum atomic E-state index is -0.411. The number of hydrogen-bond acceptors (Lipinski definition) is 3. The molecule has 1 amide bonds. The number of ether oxygens (including phenoxy) is 1. The van der Waals surface area contributed by atoms with E-state index in [1.807, 2.05) is 62.4 Å². The van der Waals surface area contributed by atoms with Gasteiger partial charge in [0.15, 0.2) is 0 Å². The molecular formula is C20H18N2O2. The zero-order valence-corrected chi connectivity index (χ0v) is 13.7. The smallest absolute Gasteiger partial charge is 0.266 e. The number of anilines is 1. The summed E-state index contributed by atoms with van der Waals surface area (Å²) in [5, 5.41) is 12.1. The maximum absolute atomic E-state index is 12.3. The first-order chi connectivity index (χ1) is 11.5. The molecule has 1 aliphatic rings. The van der Waals surface area contributed by atoms with Crippen LogP contribution in [0.3, 0.4) is 0 Å². The van der Waals surface area contributed by atoms with E-state index in [1.165, 1.54) is 0 Å². The molecule has 0 radical (unpaired) electrons. The van der Waals surface area contributed by atoms with Gasteiger partial charge in [-0.3, -0.25) is 4.79 Å². The molecule has 0 bridgehead atoms. The highest BCUT2D eigenvalue weighted by Crippen LogP contribution is 2.30. The fourth-order valence-corrected chi connectivity index (χ4v) is 2.68. The van der Waals surface area contributed by atoms with Gasteiger partial charge in [0.1, 0.15) is 23.5 Å². The van der Waals surface area contributed by atoms with Crippen molar-refractivity contribution in [3.8, 4) is 11.8 Å². The van der Waals surface area contributed by atoms with E-state index >= 15 is 0 Å². The van der Waals surface area contributed by atoms with Crippen molar-refractivity contribution in [1.29, 1.82) is 5.26 Å². The number of hydrogen-bond donors (Lipinski definition) is 1. The van der Waals surface area contributed by atoms with E-state index in [0.29, 0.717) is 5.69 Å². The Balaban J connectivity index is 1.79. The average molecular weight is 318 g/mol. The molecule has 1 atom stereocenters. The fourth-order valence-electron chi connectivity index (χ4n) is 2.68. The van der Waals surface area contributed by atoms with E-state index in [0.717, 1.165) is 28.9 Å². The monoisotopic (exact) mass is 318 g/mol. The first-order valence-electron chi connectivity index (χ1n) is 7.84. The topological polar surface area (TPSA) is 62.1 Å². The van der Waals surface area contributed by atoms with Crippen LogP contribution in [0.1, 0.15) is 23.6 Å². The number of nitrogens with one attached hydrogen (secondary N) is 1. The lowest BCUT2D eigenvalue weighted by atomic mass is 10.0. The SMILES string of the molecule is Cc1ccc(NC(=O)/C(C#N)=C\c2ccc3c(c2)C[C@@H](C)O3)cc1. The fraction of sp³-hybridized carbons (Fsp3) is 0.200. The van der Waals surface area contributed by atoms with Crippen LogP contribution in [-0.2, 0) is 11.2 Å². The molecule has 4 heteroatoms. The third-order valence-corrected chi connectivity index (χ3v) is 3.91. The molecule has 1 N–H and O–H groups in total. The summed E-state index contributed by atoms with van der Waals surface area (Å²) in [6.07, 6.45) is 2.61. The first-order valence-corrected chi connectivity index (χ1v) is 7.84. The number of aryl methyl sites for hydroxylation is 1. The van der Waals surface area contributed by atoms with Crippen LogP contribution in [0, 0.1) is 18.3 Å². The van der Waals surface area contributed by atoms with Gasteiger partial charge in [0.2, 0.25) is 0 Å². The van der Waals surface area contributed by atoms with Crippen LogP contribution < -0.4 is 10.1 Å². The van der Waals surface area contributed by atoms with E-state index in [-0.39, 0.29) is 11.7 Å². The molecule has 0 saturated heterocycles. The van der Waals surface area contributed by atoms with Crippen LogP contribution >= 0.6 is 0 Å². The van der Waals surface area contributed by atoms with Crippen molar-refractivity contribution in [1.82, 2.24) is 0 Å². The van der Waals surface area contributed by atoms with Crippen LogP contribution in [0.4, 0.5) is 5.69 Å².